The Balaban J connectivity index is 2.26. The number of furan rings is 1. The third-order valence-corrected chi connectivity index (χ3v) is 3.36. The topological polar surface area (TPSA) is 60.7 Å². The molecule has 2 aromatic carbocycles. The second-order valence-corrected chi connectivity index (χ2v) is 4.67. The first-order valence-electron chi connectivity index (χ1n) is 6.74. The van der Waals surface area contributed by atoms with Gasteiger partial charge in [-0.25, -0.2) is 5.48 Å². The molecule has 1 aromatic heterocycles. The maximum Gasteiger partial charge on any atom is 0.311 e. The number of carbonyl (C=O) groups excluding carboxylic acids is 1. The molecule has 5 heteroatoms. The van der Waals surface area contributed by atoms with E-state index in [2.05, 4.69) is 5.48 Å². The molecule has 0 radical (unpaired) electrons. The molecule has 0 aliphatic heterocycles. The van der Waals surface area contributed by atoms with E-state index in [0.717, 1.165) is 16.5 Å². The van der Waals surface area contributed by atoms with Crippen LogP contribution < -0.4 is 10.2 Å². The van der Waals surface area contributed by atoms with Crippen LogP contribution in [0.5, 0.6) is 5.75 Å². The normalized spacial score (nSPS) is 10.6. The summed E-state index contributed by atoms with van der Waals surface area (Å²) in [5, 5.41) is 0.841. The van der Waals surface area contributed by atoms with Gasteiger partial charge in [0.1, 0.15) is 11.3 Å². The fourth-order valence-electron chi connectivity index (χ4n) is 2.39. The molecule has 0 unspecified atom stereocenters. The number of nitrogens with one attached hydrogen (secondary N) is 1. The number of hydroxylamine groups is 1. The van der Waals surface area contributed by atoms with Gasteiger partial charge < -0.3 is 9.15 Å². The second-order valence-electron chi connectivity index (χ2n) is 4.67. The Morgan fingerprint density at radius 1 is 1.09 bits per heavy atom. The average Bonchev–Trinajstić information content (AvgIpc) is 2.94. The average molecular weight is 297 g/mol. The zero-order valence-corrected chi connectivity index (χ0v) is 12.3. The van der Waals surface area contributed by atoms with E-state index in [4.69, 9.17) is 14.0 Å². The van der Waals surface area contributed by atoms with Gasteiger partial charge >= 0.3 is 5.91 Å². The van der Waals surface area contributed by atoms with Gasteiger partial charge in [0.15, 0.2) is 0 Å². The largest absolute Gasteiger partial charge is 0.497 e. The van der Waals surface area contributed by atoms with Crippen LogP contribution >= 0.6 is 0 Å². The lowest BCUT2D eigenvalue weighted by Crippen LogP contribution is -2.21. The zero-order valence-electron chi connectivity index (χ0n) is 12.3. The number of hydrogen-bond acceptors (Lipinski definition) is 4. The van der Waals surface area contributed by atoms with Crippen LogP contribution in [0.4, 0.5) is 0 Å². The molecule has 0 aliphatic carbocycles. The number of benzene rings is 2. The first kappa shape index (κ1) is 14.2. The number of rotatable bonds is 4. The highest BCUT2D eigenvalue weighted by Gasteiger charge is 2.22. The van der Waals surface area contributed by atoms with E-state index >= 15 is 0 Å². The highest BCUT2D eigenvalue weighted by molar-refractivity contribution is 6.07. The molecule has 0 aliphatic rings. The van der Waals surface area contributed by atoms with Gasteiger partial charge in [0.05, 0.1) is 14.2 Å². The zero-order chi connectivity index (χ0) is 15.5. The molecule has 0 bridgehead atoms. The highest BCUT2D eigenvalue weighted by Crippen LogP contribution is 2.36. The summed E-state index contributed by atoms with van der Waals surface area (Å²) in [4.78, 5) is 16.9. The summed E-state index contributed by atoms with van der Waals surface area (Å²) < 4.78 is 10.9. The standard InChI is InChI=1S/C17H15NO4/c1-20-12-8-9-13-14(10-12)22-16(17(19)18-21-2)15(13)11-6-4-3-5-7-11/h3-10H,1-2H3,(H,18,19). The van der Waals surface area contributed by atoms with Crippen LogP contribution in [0.2, 0.25) is 0 Å². The van der Waals surface area contributed by atoms with Crippen LogP contribution in [0, 0.1) is 0 Å². The predicted molar refractivity (Wildman–Crippen MR) is 82.7 cm³/mol. The van der Waals surface area contributed by atoms with Crippen molar-refractivity contribution in [1.29, 1.82) is 0 Å². The third-order valence-electron chi connectivity index (χ3n) is 3.36. The maximum absolute atomic E-state index is 12.2. The van der Waals surface area contributed by atoms with Gasteiger partial charge in [0.25, 0.3) is 0 Å². The van der Waals surface area contributed by atoms with E-state index in [1.165, 1.54) is 7.11 Å². The lowest BCUT2D eigenvalue weighted by Gasteiger charge is -2.03. The molecule has 1 amide bonds. The van der Waals surface area contributed by atoms with Gasteiger partial charge in [-0.05, 0) is 17.7 Å². The molecule has 1 N–H and O–H groups in total. The molecule has 0 atom stereocenters. The van der Waals surface area contributed by atoms with Gasteiger partial charge in [0.2, 0.25) is 5.76 Å². The van der Waals surface area contributed by atoms with Crippen LogP contribution in [0.25, 0.3) is 22.1 Å². The van der Waals surface area contributed by atoms with Crippen LogP contribution in [-0.2, 0) is 4.84 Å². The summed E-state index contributed by atoms with van der Waals surface area (Å²) in [7, 11) is 2.96. The molecule has 5 nitrogen and oxygen atoms in total. The van der Waals surface area contributed by atoms with E-state index in [9.17, 15) is 4.79 Å². The van der Waals surface area contributed by atoms with Crippen molar-refractivity contribution in [3.8, 4) is 16.9 Å². The van der Waals surface area contributed by atoms with Crippen LogP contribution in [0.1, 0.15) is 10.6 Å². The first-order valence-corrected chi connectivity index (χ1v) is 6.74. The van der Waals surface area contributed by atoms with Crippen molar-refractivity contribution in [2.24, 2.45) is 0 Å². The Hall–Kier alpha value is -2.79. The molecule has 22 heavy (non-hydrogen) atoms. The third kappa shape index (κ3) is 2.42. The minimum absolute atomic E-state index is 0.205. The smallest absolute Gasteiger partial charge is 0.311 e. The van der Waals surface area contributed by atoms with Crippen molar-refractivity contribution in [3.05, 3.63) is 54.3 Å². The van der Waals surface area contributed by atoms with Crippen LogP contribution in [0.3, 0.4) is 0 Å². The predicted octanol–water partition coefficient (Wildman–Crippen LogP) is 3.40. The van der Waals surface area contributed by atoms with Crippen molar-refractivity contribution < 1.29 is 18.8 Å². The van der Waals surface area contributed by atoms with Crippen LogP contribution in [-0.4, -0.2) is 20.1 Å². The number of ether oxygens (including phenoxy) is 1. The molecule has 0 spiro atoms. The van der Waals surface area contributed by atoms with E-state index < -0.39 is 5.91 Å². The second kappa shape index (κ2) is 5.91. The van der Waals surface area contributed by atoms with E-state index in [-0.39, 0.29) is 5.76 Å². The van der Waals surface area contributed by atoms with Gasteiger partial charge in [-0.3, -0.25) is 9.63 Å². The van der Waals surface area contributed by atoms with Gasteiger partial charge in [-0.1, -0.05) is 30.3 Å². The SMILES string of the molecule is CONC(=O)c1oc2cc(OC)ccc2c1-c1ccccc1. The molecular weight excluding hydrogens is 282 g/mol. The van der Waals surface area contributed by atoms with Crippen molar-refractivity contribution in [2.45, 2.75) is 0 Å². The Bertz CT molecular complexity index is 808. The Morgan fingerprint density at radius 3 is 2.55 bits per heavy atom. The summed E-state index contributed by atoms with van der Waals surface area (Å²) in [6, 6.07) is 15.1. The summed E-state index contributed by atoms with van der Waals surface area (Å²) >= 11 is 0. The first-order chi connectivity index (χ1) is 10.7. The quantitative estimate of drug-likeness (QED) is 0.750. The number of methoxy groups -OCH3 is 1. The van der Waals surface area contributed by atoms with Crippen molar-refractivity contribution >= 4 is 16.9 Å². The molecule has 0 saturated carbocycles. The lowest BCUT2D eigenvalue weighted by atomic mass is 10.0. The Morgan fingerprint density at radius 2 is 1.86 bits per heavy atom. The van der Waals surface area contributed by atoms with Gasteiger partial charge in [0, 0.05) is 17.0 Å². The monoisotopic (exact) mass is 297 g/mol. The lowest BCUT2D eigenvalue weighted by molar-refractivity contribution is 0.0513. The van der Waals surface area contributed by atoms with Crippen molar-refractivity contribution in [3.63, 3.8) is 0 Å². The number of fused-ring (bicyclic) bond motifs is 1. The van der Waals surface area contributed by atoms with Crippen molar-refractivity contribution in [2.75, 3.05) is 14.2 Å². The Labute approximate surface area is 127 Å². The van der Waals surface area contributed by atoms with Crippen LogP contribution in [0.15, 0.2) is 52.9 Å². The van der Waals surface area contributed by atoms with Gasteiger partial charge in [-0.2, -0.15) is 0 Å². The summed E-state index contributed by atoms with van der Waals surface area (Å²) in [6.07, 6.45) is 0. The molecular formula is C17H15NO4. The van der Waals surface area contributed by atoms with Gasteiger partial charge in [-0.15, -0.1) is 0 Å². The number of carbonyl (C=O) groups is 1. The highest BCUT2D eigenvalue weighted by atomic mass is 16.6. The maximum atomic E-state index is 12.2. The fourth-order valence-corrected chi connectivity index (χ4v) is 2.39. The van der Waals surface area contributed by atoms with E-state index in [1.54, 1.807) is 13.2 Å². The van der Waals surface area contributed by atoms with E-state index in [1.807, 2.05) is 42.5 Å². The molecule has 0 saturated heterocycles. The summed E-state index contributed by atoms with van der Waals surface area (Å²) in [6.45, 7) is 0. The molecule has 0 fully saturated rings. The summed E-state index contributed by atoms with van der Waals surface area (Å²) in [5.74, 6) is 0.437. The minimum Gasteiger partial charge on any atom is -0.497 e. The molecule has 112 valence electrons. The molecule has 3 rings (SSSR count). The Kier molecular flexibility index (Phi) is 3.80. The molecule has 3 aromatic rings. The number of hydrogen-bond donors (Lipinski definition) is 1. The minimum atomic E-state index is -0.434. The van der Waals surface area contributed by atoms with Crippen molar-refractivity contribution in [1.82, 2.24) is 5.48 Å². The summed E-state index contributed by atoms with van der Waals surface area (Å²) in [5.41, 5.74) is 4.51. The molecule has 1 heterocycles. The number of amides is 1. The fraction of sp³-hybridized carbons (Fsp3) is 0.118. The van der Waals surface area contributed by atoms with E-state index in [0.29, 0.717) is 11.3 Å².